The number of nitrogens with zero attached hydrogens (tertiary/aromatic N) is 4. The van der Waals surface area contributed by atoms with Crippen molar-refractivity contribution in [2.75, 3.05) is 31.5 Å². The number of nitrogens with one attached hydrogen (secondary N) is 1. The van der Waals surface area contributed by atoms with E-state index in [1.165, 1.54) is 32.5 Å². The van der Waals surface area contributed by atoms with Gasteiger partial charge in [0.05, 0.1) is 25.6 Å². The van der Waals surface area contributed by atoms with Crippen LogP contribution in [0.3, 0.4) is 0 Å². The number of anilines is 2. The average Bonchev–Trinajstić information content (AvgIpc) is 2.77. The molecule has 0 radical (unpaired) electrons. The van der Waals surface area contributed by atoms with Gasteiger partial charge in [-0.2, -0.15) is 0 Å². The molecule has 0 spiro atoms. The molecule has 11 heteroatoms. The molecule has 0 aliphatic carbocycles. The van der Waals surface area contributed by atoms with Gasteiger partial charge in [0.2, 0.25) is 0 Å². The smallest absolute Gasteiger partial charge is 0.327 e. The maximum Gasteiger partial charge on any atom is 0.327 e. The van der Waals surface area contributed by atoms with Gasteiger partial charge in [-0.05, 0) is 12.1 Å². The number of methoxy groups -OCH3 is 2. The first-order chi connectivity index (χ1) is 14.4. The second-order valence-corrected chi connectivity index (χ2v) is 7.01. The molecule has 156 valence electrons. The van der Waals surface area contributed by atoms with Crippen LogP contribution in [0.5, 0.6) is 11.5 Å². The van der Waals surface area contributed by atoms with Crippen molar-refractivity contribution in [3.05, 3.63) is 52.0 Å². The number of halogens is 3. The molecule has 1 aromatic carbocycles. The van der Waals surface area contributed by atoms with E-state index < -0.39 is 6.03 Å². The summed E-state index contributed by atoms with van der Waals surface area (Å²) < 4.78 is 10.4. The Balaban J connectivity index is 1.92. The summed E-state index contributed by atoms with van der Waals surface area (Å²) in [6.45, 7) is 0. The molecule has 0 atom stereocenters. The molecular formula is C19H16Cl3N5O3. The first-order valence-electron chi connectivity index (χ1n) is 8.44. The van der Waals surface area contributed by atoms with Gasteiger partial charge in [-0.3, -0.25) is 9.88 Å². The van der Waals surface area contributed by atoms with E-state index in [0.717, 1.165) is 5.56 Å². The third kappa shape index (κ3) is 4.21. The van der Waals surface area contributed by atoms with Crippen molar-refractivity contribution in [1.29, 1.82) is 0 Å². The van der Waals surface area contributed by atoms with Crippen molar-refractivity contribution >= 4 is 52.3 Å². The van der Waals surface area contributed by atoms with Gasteiger partial charge in [0.1, 0.15) is 27.2 Å². The molecule has 0 aliphatic rings. The molecule has 0 bridgehead atoms. The molecule has 2 aromatic heterocycles. The molecule has 2 heterocycles. The number of amides is 2. The fraction of sp³-hybridized carbons (Fsp3) is 0.158. The first-order valence-corrected chi connectivity index (χ1v) is 9.58. The van der Waals surface area contributed by atoms with Crippen molar-refractivity contribution < 1.29 is 14.3 Å². The summed E-state index contributed by atoms with van der Waals surface area (Å²) in [7, 11) is 4.31. The highest BCUT2D eigenvalue weighted by Crippen LogP contribution is 2.50. The summed E-state index contributed by atoms with van der Waals surface area (Å²) in [4.78, 5) is 26.6. The van der Waals surface area contributed by atoms with Crippen molar-refractivity contribution in [1.82, 2.24) is 15.0 Å². The normalized spacial score (nSPS) is 10.5. The van der Waals surface area contributed by atoms with Gasteiger partial charge < -0.3 is 14.8 Å². The minimum Gasteiger partial charge on any atom is -0.493 e. The molecule has 3 aromatic rings. The Morgan fingerprint density at radius 3 is 2.30 bits per heavy atom. The summed E-state index contributed by atoms with van der Waals surface area (Å²) in [6.07, 6.45) is 4.68. The molecule has 3 rings (SSSR count). The molecule has 0 aliphatic heterocycles. The quantitative estimate of drug-likeness (QED) is 0.554. The van der Waals surface area contributed by atoms with E-state index in [0.29, 0.717) is 11.5 Å². The predicted molar refractivity (Wildman–Crippen MR) is 117 cm³/mol. The van der Waals surface area contributed by atoms with Crippen LogP contribution in [0.15, 0.2) is 36.9 Å². The molecule has 8 nitrogen and oxygen atoms in total. The van der Waals surface area contributed by atoms with E-state index in [4.69, 9.17) is 44.3 Å². The molecule has 0 saturated heterocycles. The summed E-state index contributed by atoms with van der Waals surface area (Å²) in [6, 6.07) is 4.74. The standard InChI is InChI=1S/C19H16Cl3N5O3/c1-27(12-7-11(24-9-25-12)10-5-4-6-23-8-10)19(28)26-16-13(20)17(29-2)15(22)18(30-3)14(16)21/h4-9H,1-3H3,(H,26,28). The minimum absolute atomic E-state index is 0.0359. The van der Waals surface area contributed by atoms with E-state index in [9.17, 15) is 4.79 Å². The highest BCUT2D eigenvalue weighted by atomic mass is 35.5. The average molecular weight is 469 g/mol. The van der Waals surface area contributed by atoms with Gasteiger partial charge in [-0.15, -0.1) is 0 Å². The lowest BCUT2D eigenvalue weighted by molar-refractivity contribution is 0.258. The number of benzene rings is 1. The second kappa shape index (κ2) is 9.34. The van der Waals surface area contributed by atoms with E-state index >= 15 is 0 Å². The molecular weight excluding hydrogens is 453 g/mol. The van der Waals surface area contributed by atoms with Gasteiger partial charge in [0.25, 0.3) is 0 Å². The van der Waals surface area contributed by atoms with Gasteiger partial charge in [-0.1, -0.05) is 34.8 Å². The van der Waals surface area contributed by atoms with Crippen LogP contribution in [0.1, 0.15) is 0 Å². The van der Waals surface area contributed by atoms with Crippen molar-refractivity contribution in [2.45, 2.75) is 0 Å². The predicted octanol–water partition coefficient (Wildman–Crippen LogP) is 5.18. The van der Waals surface area contributed by atoms with E-state index in [1.54, 1.807) is 24.5 Å². The Morgan fingerprint density at radius 2 is 1.73 bits per heavy atom. The Hall–Kier alpha value is -2.81. The topological polar surface area (TPSA) is 89.5 Å². The number of carbonyl (C=O) groups is 1. The van der Waals surface area contributed by atoms with Gasteiger partial charge in [0.15, 0.2) is 11.5 Å². The lowest BCUT2D eigenvalue weighted by atomic mass is 10.2. The van der Waals surface area contributed by atoms with Crippen LogP contribution in [-0.4, -0.2) is 42.3 Å². The minimum atomic E-state index is -0.555. The summed E-state index contributed by atoms with van der Waals surface area (Å²) in [5.74, 6) is 0.596. The molecule has 2 amide bonds. The molecule has 0 saturated carbocycles. The zero-order valence-electron chi connectivity index (χ0n) is 16.1. The van der Waals surface area contributed by atoms with Gasteiger partial charge in [-0.25, -0.2) is 14.8 Å². The lowest BCUT2D eigenvalue weighted by Gasteiger charge is -2.21. The summed E-state index contributed by atoms with van der Waals surface area (Å²) in [5.41, 5.74) is 1.49. The van der Waals surface area contributed by atoms with Crippen molar-refractivity contribution in [3.8, 4) is 22.8 Å². The SMILES string of the molecule is COc1c(Cl)c(NC(=O)N(C)c2cc(-c3cccnc3)ncn2)c(Cl)c(OC)c1Cl. The maximum absolute atomic E-state index is 12.9. The molecule has 1 N–H and O–H groups in total. The van der Waals surface area contributed by atoms with Gasteiger partial charge in [0, 0.05) is 31.1 Å². The zero-order valence-corrected chi connectivity index (χ0v) is 18.4. The molecule has 30 heavy (non-hydrogen) atoms. The Morgan fingerprint density at radius 1 is 1.07 bits per heavy atom. The second-order valence-electron chi connectivity index (χ2n) is 5.88. The third-order valence-electron chi connectivity index (χ3n) is 4.13. The van der Waals surface area contributed by atoms with Crippen LogP contribution in [0, 0.1) is 0 Å². The van der Waals surface area contributed by atoms with E-state index in [2.05, 4.69) is 20.3 Å². The van der Waals surface area contributed by atoms with E-state index in [1.807, 2.05) is 6.07 Å². The van der Waals surface area contributed by atoms with Gasteiger partial charge >= 0.3 is 6.03 Å². The number of carbonyl (C=O) groups excluding carboxylic acids is 1. The Bertz CT molecular complexity index is 1050. The van der Waals surface area contributed by atoms with Crippen LogP contribution in [0.25, 0.3) is 11.3 Å². The number of urea groups is 1. The van der Waals surface area contributed by atoms with Crippen LogP contribution < -0.4 is 19.7 Å². The largest absolute Gasteiger partial charge is 0.493 e. The summed E-state index contributed by atoms with van der Waals surface area (Å²) in [5, 5.41) is 2.81. The van der Waals surface area contributed by atoms with Crippen molar-refractivity contribution in [3.63, 3.8) is 0 Å². The maximum atomic E-state index is 12.9. The fourth-order valence-corrected chi connectivity index (χ4v) is 3.70. The Kier molecular flexibility index (Phi) is 6.81. The van der Waals surface area contributed by atoms with Crippen molar-refractivity contribution in [2.24, 2.45) is 0 Å². The number of ether oxygens (including phenoxy) is 2. The number of hydrogen-bond donors (Lipinski definition) is 1. The highest BCUT2D eigenvalue weighted by Gasteiger charge is 2.25. The number of aromatic nitrogens is 3. The van der Waals surface area contributed by atoms with Crippen LogP contribution in [-0.2, 0) is 0 Å². The fourth-order valence-electron chi connectivity index (χ4n) is 2.58. The molecule has 0 fully saturated rings. The van der Waals surface area contributed by atoms with Crippen LogP contribution >= 0.6 is 34.8 Å². The Labute approximate surface area is 187 Å². The third-order valence-corrected chi connectivity index (χ3v) is 5.20. The number of hydrogen-bond acceptors (Lipinski definition) is 6. The van der Waals surface area contributed by atoms with E-state index in [-0.39, 0.29) is 32.3 Å². The van der Waals surface area contributed by atoms with Crippen LogP contribution in [0.2, 0.25) is 15.1 Å². The monoisotopic (exact) mass is 467 g/mol. The summed E-state index contributed by atoms with van der Waals surface area (Å²) >= 11 is 18.9. The zero-order chi connectivity index (χ0) is 21.8. The first kappa shape index (κ1) is 21.9. The number of pyridine rings is 1. The number of rotatable bonds is 5. The van der Waals surface area contributed by atoms with Crippen LogP contribution in [0.4, 0.5) is 16.3 Å². The molecule has 0 unspecified atom stereocenters. The lowest BCUT2D eigenvalue weighted by Crippen LogP contribution is -2.32. The highest BCUT2D eigenvalue weighted by molar-refractivity contribution is 6.45.